The van der Waals surface area contributed by atoms with Gasteiger partial charge in [0.05, 0.1) is 6.04 Å². The molecule has 6 nitrogen and oxygen atoms in total. The van der Waals surface area contributed by atoms with Gasteiger partial charge in [-0.25, -0.2) is 9.37 Å². The summed E-state index contributed by atoms with van der Waals surface area (Å²) in [5.74, 6) is -1.26. The third kappa shape index (κ3) is 3.08. The zero-order chi connectivity index (χ0) is 16.4. The summed E-state index contributed by atoms with van der Waals surface area (Å²) in [5, 5.41) is 4.77. The van der Waals surface area contributed by atoms with Gasteiger partial charge in [-0.2, -0.15) is 0 Å². The highest BCUT2D eigenvalue weighted by atomic mass is 32.1. The molecule has 1 aromatic carbocycles. The molecule has 2 unspecified atom stereocenters. The molecule has 1 saturated heterocycles. The molecule has 3 rings (SSSR count). The van der Waals surface area contributed by atoms with Crippen molar-refractivity contribution in [3.63, 3.8) is 0 Å². The summed E-state index contributed by atoms with van der Waals surface area (Å²) in [5.41, 5.74) is 0.238. The van der Waals surface area contributed by atoms with Crippen LogP contribution in [-0.4, -0.2) is 41.5 Å². The Morgan fingerprint density at radius 1 is 1.48 bits per heavy atom. The molecule has 0 radical (unpaired) electrons. The molecule has 120 valence electrons. The van der Waals surface area contributed by atoms with Crippen molar-refractivity contribution >= 4 is 28.3 Å². The summed E-state index contributed by atoms with van der Waals surface area (Å²) in [6, 6.07) is 5.20. The van der Waals surface area contributed by atoms with Gasteiger partial charge in [0.15, 0.2) is 11.2 Å². The lowest BCUT2D eigenvalue weighted by atomic mass is 9.97. The van der Waals surface area contributed by atoms with Gasteiger partial charge in [-0.3, -0.25) is 14.9 Å². The van der Waals surface area contributed by atoms with Crippen LogP contribution in [0.1, 0.15) is 11.6 Å². The van der Waals surface area contributed by atoms with Gasteiger partial charge in [-0.1, -0.05) is 18.2 Å². The molecule has 1 aromatic heterocycles. The predicted molar refractivity (Wildman–Crippen MR) is 82.4 cm³/mol. The number of thiazole rings is 1. The number of hydrogen-bond donors (Lipinski definition) is 1. The average molecular weight is 335 g/mol. The number of morpholine rings is 1. The minimum atomic E-state index is -1.02. The first-order valence-electron chi connectivity index (χ1n) is 6.90. The maximum Gasteiger partial charge on any atom is 0.257 e. The molecule has 23 heavy (non-hydrogen) atoms. The highest BCUT2D eigenvalue weighted by Crippen LogP contribution is 2.31. The van der Waals surface area contributed by atoms with E-state index in [-0.39, 0.29) is 18.1 Å². The van der Waals surface area contributed by atoms with E-state index in [9.17, 15) is 14.0 Å². The number of carbonyl (C=O) groups excluding carboxylic acids is 2. The first-order valence-corrected chi connectivity index (χ1v) is 7.78. The summed E-state index contributed by atoms with van der Waals surface area (Å²) in [7, 11) is 1.53. The van der Waals surface area contributed by atoms with Crippen molar-refractivity contribution in [1.29, 1.82) is 0 Å². The third-order valence-corrected chi connectivity index (χ3v) is 4.32. The standard InChI is InChI=1S/C15H14FN3O3S/c1-19-11(20)8-22-13(14(21)18-15-17-6-7-23-15)12(19)9-4-2-3-5-10(9)16/h2-7,12-13H,8H2,1H3,(H,17,18,21). The highest BCUT2D eigenvalue weighted by molar-refractivity contribution is 7.13. The number of rotatable bonds is 3. The second-order valence-electron chi connectivity index (χ2n) is 5.03. The summed E-state index contributed by atoms with van der Waals surface area (Å²) in [4.78, 5) is 29.7. The molecule has 2 amide bonds. The van der Waals surface area contributed by atoms with Crippen LogP contribution in [0, 0.1) is 5.82 Å². The normalized spacial score (nSPS) is 21.3. The Morgan fingerprint density at radius 2 is 2.26 bits per heavy atom. The number of nitrogens with one attached hydrogen (secondary N) is 1. The maximum absolute atomic E-state index is 14.2. The first kappa shape index (κ1) is 15.6. The Bertz CT molecular complexity index is 723. The van der Waals surface area contributed by atoms with Crippen LogP contribution in [-0.2, 0) is 14.3 Å². The molecule has 0 bridgehead atoms. The lowest BCUT2D eigenvalue weighted by Gasteiger charge is -2.38. The van der Waals surface area contributed by atoms with Gasteiger partial charge in [0.2, 0.25) is 5.91 Å². The predicted octanol–water partition coefficient (Wildman–Crippen LogP) is 1.82. The SMILES string of the molecule is CN1C(=O)COC(C(=O)Nc2nccs2)C1c1ccccc1F. The zero-order valence-corrected chi connectivity index (χ0v) is 13.0. The van der Waals surface area contributed by atoms with Crippen molar-refractivity contribution in [2.24, 2.45) is 0 Å². The van der Waals surface area contributed by atoms with E-state index in [2.05, 4.69) is 10.3 Å². The second-order valence-corrected chi connectivity index (χ2v) is 5.92. The van der Waals surface area contributed by atoms with Crippen molar-refractivity contribution in [3.8, 4) is 0 Å². The van der Waals surface area contributed by atoms with Crippen molar-refractivity contribution in [2.45, 2.75) is 12.1 Å². The number of amides is 2. The quantitative estimate of drug-likeness (QED) is 0.929. The fourth-order valence-corrected chi connectivity index (χ4v) is 3.01. The van der Waals surface area contributed by atoms with Gasteiger partial charge in [-0.15, -0.1) is 11.3 Å². The van der Waals surface area contributed by atoms with E-state index in [1.165, 1.54) is 29.4 Å². The van der Waals surface area contributed by atoms with Crippen LogP contribution in [0.15, 0.2) is 35.8 Å². The Kier molecular flexibility index (Phi) is 4.35. The summed E-state index contributed by atoms with van der Waals surface area (Å²) in [6.45, 7) is -0.225. The van der Waals surface area contributed by atoms with E-state index in [0.29, 0.717) is 5.13 Å². The lowest BCUT2D eigenvalue weighted by Crippen LogP contribution is -2.51. The van der Waals surface area contributed by atoms with Gasteiger partial charge in [0.25, 0.3) is 5.91 Å². The second kappa shape index (κ2) is 6.43. The van der Waals surface area contributed by atoms with Crippen LogP contribution in [0.2, 0.25) is 0 Å². The van der Waals surface area contributed by atoms with Crippen LogP contribution in [0.3, 0.4) is 0 Å². The Morgan fingerprint density at radius 3 is 2.96 bits per heavy atom. The van der Waals surface area contributed by atoms with E-state index in [4.69, 9.17) is 4.74 Å². The zero-order valence-electron chi connectivity index (χ0n) is 12.2. The van der Waals surface area contributed by atoms with Crippen molar-refractivity contribution < 1.29 is 18.7 Å². The van der Waals surface area contributed by atoms with E-state index in [1.54, 1.807) is 29.8 Å². The number of benzene rings is 1. The number of hydrogen-bond acceptors (Lipinski definition) is 5. The van der Waals surface area contributed by atoms with Crippen molar-refractivity contribution in [3.05, 3.63) is 47.2 Å². The monoisotopic (exact) mass is 335 g/mol. The average Bonchev–Trinajstić information content (AvgIpc) is 3.03. The molecule has 2 aromatic rings. The largest absolute Gasteiger partial charge is 0.356 e. The molecule has 0 aliphatic carbocycles. The number of ether oxygens (including phenoxy) is 1. The number of aromatic nitrogens is 1. The van der Waals surface area contributed by atoms with E-state index in [1.807, 2.05) is 0 Å². The van der Waals surface area contributed by atoms with E-state index in [0.717, 1.165) is 0 Å². The van der Waals surface area contributed by atoms with Crippen LogP contribution in [0.5, 0.6) is 0 Å². The molecular weight excluding hydrogens is 321 g/mol. The number of halogens is 1. The van der Waals surface area contributed by atoms with Crippen LogP contribution < -0.4 is 5.32 Å². The van der Waals surface area contributed by atoms with E-state index >= 15 is 0 Å². The molecule has 1 N–H and O–H groups in total. The highest BCUT2D eigenvalue weighted by Gasteiger charge is 2.41. The molecule has 1 fully saturated rings. The van der Waals surface area contributed by atoms with Crippen LogP contribution in [0.4, 0.5) is 9.52 Å². The molecule has 1 aliphatic rings. The topological polar surface area (TPSA) is 71.5 Å². The summed E-state index contributed by atoms with van der Waals surface area (Å²) >= 11 is 1.26. The summed E-state index contributed by atoms with van der Waals surface area (Å²) < 4.78 is 19.6. The van der Waals surface area contributed by atoms with Crippen molar-refractivity contribution in [2.75, 3.05) is 19.0 Å². The number of nitrogens with zero attached hydrogens (tertiary/aromatic N) is 2. The Hall–Kier alpha value is -2.32. The number of likely N-dealkylation sites (N-methyl/N-ethyl adjacent to an activating group) is 1. The number of anilines is 1. The van der Waals surface area contributed by atoms with Crippen molar-refractivity contribution in [1.82, 2.24) is 9.88 Å². The first-order chi connectivity index (χ1) is 11.1. The lowest BCUT2D eigenvalue weighted by molar-refractivity contribution is -0.160. The molecule has 0 saturated carbocycles. The fourth-order valence-electron chi connectivity index (χ4n) is 2.48. The minimum Gasteiger partial charge on any atom is -0.356 e. The molecule has 2 atom stereocenters. The fraction of sp³-hybridized carbons (Fsp3) is 0.267. The van der Waals surface area contributed by atoms with E-state index < -0.39 is 23.9 Å². The molecule has 2 heterocycles. The minimum absolute atomic E-state index is 0.225. The Labute approximate surface area is 135 Å². The van der Waals surface area contributed by atoms with Gasteiger partial charge in [0, 0.05) is 24.2 Å². The van der Waals surface area contributed by atoms with Crippen LogP contribution >= 0.6 is 11.3 Å². The van der Waals surface area contributed by atoms with Crippen LogP contribution in [0.25, 0.3) is 0 Å². The van der Waals surface area contributed by atoms with Gasteiger partial charge in [-0.05, 0) is 6.07 Å². The molecular formula is C15H14FN3O3S. The summed E-state index contributed by atoms with van der Waals surface area (Å²) in [6.07, 6.45) is 0.546. The van der Waals surface area contributed by atoms with Gasteiger partial charge < -0.3 is 9.64 Å². The smallest absolute Gasteiger partial charge is 0.257 e. The molecule has 0 spiro atoms. The number of carbonyl (C=O) groups is 2. The van der Waals surface area contributed by atoms with Gasteiger partial charge >= 0.3 is 0 Å². The molecule has 8 heteroatoms. The molecule has 1 aliphatic heterocycles. The third-order valence-electron chi connectivity index (χ3n) is 3.63. The Balaban J connectivity index is 1.91. The maximum atomic E-state index is 14.2. The van der Waals surface area contributed by atoms with Gasteiger partial charge in [0.1, 0.15) is 12.4 Å².